The zero-order valence-electron chi connectivity index (χ0n) is 13.3. The van der Waals surface area contributed by atoms with E-state index in [2.05, 4.69) is 15.5 Å². The van der Waals surface area contributed by atoms with Crippen LogP contribution in [0.25, 0.3) is 11.5 Å². The number of aryl methyl sites for hydroxylation is 2. The second-order valence-electron chi connectivity index (χ2n) is 5.46. The fraction of sp³-hybridized carbons (Fsp3) is 0.167. The van der Waals surface area contributed by atoms with E-state index < -0.39 is 5.82 Å². The lowest BCUT2D eigenvalue weighted by molar-refractivity contribution is 0.0947. The van der Waals surface area contributed by atoms with Gasteiger partial charge in [0.2, 0.25) is 5.89 Å². The molecule has 1 aromatic heterocycles. The summed E-state index contributed by atoms with van der Waals surface area (Å²) in [6, 6.07) is 11.6. The van der Waals surface area contributed by atoms with Gasteiger partial charge in [-0.15, -0.1) is 10.2 Å². The van der Waals surface area contributed by atoms with E-state index in [0.717, 1.165) is 11.1 Å². The minimum absolute atomic E-state index is 0.0766. The average Bonchev–Trinajstić information content (AvgIpc) is 3.04. The first-order valence-electron chi connectivity index (χ1n) is 7.47. The standard InChI is InChI=1S/C18H16FN3O2/c1-11-7-8-13(9-12(11)2)17(23)20-10-16-21-22-18(24-16)14-5-3-4-6-15(14)19/h3-9H,10H2,1-2H3,(H,20,23). The third-order valence-electron chi connectivity index (χ3n) is 3.74. The van der Waals surface area contributed by atoms with Crippen molar-refractivity contribution in [2.24, 2.45) is 0 Å². The molecule has 0 aliphatic carbocycles. The number of carbonyl (C=O) groups excluding carboxylic acids is 1. The molecule has 6 heteroatoms. The smallest absolute Gasteiger partial charge is 0.251 e. The van der Waals surface area contributed by atoms with Gasteiger partial charge >= 0.3 is 0 Å². The molecule has 5 nitrogen and oxygen atoms in total. The first-order chi connectivity index (χ1) is 11.5. The number of nitrogens with one attached hydrogen (secondary N) is 1. The quantitative estimate of drug-likeness (QED) is 0.798. The van der Waals surface area contributed by atoms with Crippen LogP contribution in [0.4, 0.5) is 4.39 Å². The molecular weight excluding hydrogens is 309 g/mol. The van der Waals surface area contributed by atoms with Gasteiger partial charge in [0.25, 0.3) is 11.8 Å². The molecule has 0 aliphatic rings. The van der Waals surface area contributed by atoms with Crippen LogP contribution in [-0.4, -0.2) is 16.1 Å². The Morgan fingerprint density at radius 2 is 1.92 bits per heavy atom. The van der Waals surface area contributed by atoms with Gasteiger partial charge in [0, 0.05) is 5.56 Å². The number of aromatic nitrogens is 2. The number of rotatable bonds is 4. The minimum Gasteiger partial charge on any atom is -0.419 e. The number of amides is 1. The highest BCUT2D eigenvalue weighted by Gasteiger charge is 2.13. The van der Waals surface area contributed by atoms with Gasteiger partial charge in [-0.05, 0) is 49.2 Å². The molecule has 3 aromatic rings. The molecular formula is C18H16FN3O2. The highest BCUT2D eigenvalue weighted by Crippen LogP contribution is 2.20. The Morgan fingerprint density at radius 3 is 2.67 bits per heavy atom. The van der Waals surface area contributed by atoms with E-state index in [-0.39, 0.29) is 29.8 Å². The molecule has 0 saturated carbocycles. The maximum Gasteiger partial charge on any atom is 0.251 e. The van der Waals surface area contributed by atoms with Crippen LogP contribution < -0.4 is 5.32 Å². The van der Waals surface area contributed by atoms with Gasteiger partial charge in [-0.2, -0.15) is 0 Å². The molecule has 0 spiro atoms. The van der Waals surface area contributed by atoms with Crippen LogP contribution in [0.3, 0.4) is 0 Å². The first kappa shape index (κ1) is 15.9. The molecule has 24 heavy (non-hydrogen) atoms. The summed E-state index contributed by atoms with van der Waals surface area (Å²) in [5.74, 6) is -0.371. The average molecular weight is 325 g/mol. The lowest BCUT2D eigenvalue weighted by Gasteiger charge is -2.05. The van der Waals surface area contributed by atoms with Gasteiger partial charge in [-0.1, -0.05) is 18.2 Å². The van der Waals surface area contributed by atoms with Crippen molar-refractivity contribution in [2.45, 2.75) is 20.4 Å². The second-order valence-corrected chi connectivity index (χ2v) is 5.46. The van der Waals surface area contributed by atoms with E-state index >= 15 is 0 Å². The largest absolute Gasteiger partial charge is 0.419 e. The van der Waals surface area contributed by atoms with Crippen molar-refractivity contribution in [3.8, 4) is 11.5 Å². The monoisotopic (exact) mass is 325 g/mol. The van der Waals surface area contributed by atoms with E-state index in [0.29, 0.717) is 5.56 Å². The minimum atomic E-state index is -0.438. The van der Waals surface area contributed by atoms with E-state index in [9.17, 15) is 9.18 Å². The second kappa shape index (κ2) is 6.62. The van der Waals surface area contributed by atoms with Gasteiger partial charge < -0.3 is 9.73 Å². The van der Waals surface area contributed by atoms with Crippen LogP contribution in [0, 0.1) is 19.7 Å². The number of nitrogens with zero attached hydrogens (tertiary/aromatic N) is 2. The van der Waals surface area contributed by atoms with E-state index in [1.807, 2.05) is 26.0 Å². The van der Waals surface area contributed by atoms with Crippen LogP contribution >= 0.6 is 0 Å². The van der Waals surface area contributed by atoms with Gasteiger partial charge in [0.1, 0.15) is 5.82 Å². The zero-order valence-corrected chi connectivity index (χ0v) is 13.3. The summed E-state index contributed by atoms with van der Waals surface area (Å²) in [5, 5.41) is 10.4. The van der Waals surface area contributed by atoms with Crippen LogP contribution in [-0.2, 0) is 6.54 Å². The maximum atomic E-state index is 13.7. The Bertz CT molecular complexity index is 889. The molecule has 0 fully saturated rings. The van der Waals surface area contributed by atoms with Crippen molar-refractivity contribution < 1.29 is 13.6 Å². The third-order valence-corrected chi connectivity index (χ3v) is 3.74. The summed E-state index contributed by atoms with van der Waals surface area (Å²) in [6.07, 6.45) is 0. The molecule has 0 saturated heterocycles. The number of hydrogen-bond acceptors (Lipinski definition) is 4. The SMILES string of the molecule is Cc1ccc(C(=O)NCc2nnc(-c3ccccc3F)o2)cc1C. The summed E-state index contributed by atoms with van der Waals surface area (Å²) >= 11 is 0. The molecule has 0 aliphatic heterocycles. The molecule has 0 unspecified atom stereocenters. The molecule has 1 heterocycles. The molecule has 0 atom stereocenters. The Morgan fingerprint density at radius 1 is 1.12 bits per heavy atom. The predicted octanol–water partition coefficient (Wildman–Crippen LogP) is 3.42. The van der Waals surface area contributed by atoms with Crippen LogP contribution in [0.2, 0.25) is 0 Å². The molecule has 3 rings (SSSR count). The summed E-state index contributed by atoms with van der Waals surface area (Å²) in [7, 11) is 0. The highest BCUT2D eigenvalue weighted by molar-refractivity contribution is 5.94. The number of halogens is 1. The first-order valence-corrected chi connectivity index (χ1v) is 7.47. The molecule has 122 valence electrons. The zero-order chi connectivity index (χ0) is 17.1. The van der Waals surface area contributed by atoms with Gasteiger partial charge in [-0.25, -0.2) is 4.39 Å². The summed E-state index contributed by atoms with van der Waals surface area (Å²) in [5.41, 5.74) is 2.96. The van der Waals surface area contributed by atoms with Gasteiger partial charge in [0.05, 0.1) is 12.1 Å². The van der Waals surface area contributed by atoms with Crippen molar-refractivity contribution >= 4 is 5.91 Å². The van der Waals surface area contributed by atoms with Crippen molar-refractivity contribution in [1.82, 2.24) is 15.5 Å². The summed E-state index contributed by atoms with van der Waals surface area (Å²) < 4.78 is 19.1. The molecule has 1 N–H and O–H groups in total. The van der Waals surface area contributed by atoms with Crippen LogP contribution in [0.5, 0.6) is 0 Å². The van der Waals surface area contributed by atoms with E-state index in [1.165, 1.54) is 6.07 Å². The highest BCUT2D eigenvalue weighted by atomic mass is 19.1. The number of carbonyl (C=O) groups is 1. The van der Waals surface area contributed by atoms with Crippen molar-refractivity contribution in [3.63, 3.8) is 0 Å². The summed E-state index contributed by atoms with van der Waals surface area (Å²) in [4.78, 5) is 12.2. The predicted molar refractivity (Wildman–Crippen MR) is 86.8 cm³/mol. The van der Waals surface area contributed by atoms with Gasteiger partial charge in [-0.3, -0.25) is 4.79 Å². The molecule has 1 amide bonds. The lowest BCUT2D eigenvalue weighted by atomic mass is 10.1. The fourth-order valence-electron chi connectivity index (χ4n) is 2.21. The topological polar surface area (TPSA) is 68.0 Å². The Kier molecular flexibility index (Phi) is 4.37. The molecule has 2 aromatic carbocycles. The molecule has 0 bridgehead atoms. The Hall–Kier alpha value is -3.02. The van der Waals surface area contributed by atoms with Gasteiger partial charge in [0.15, 0.2) is 0 Å². The van der Waals surface area contributed by atoms with Crippen molar-refractivity contribution in [3.05, 3.63) is 70.9 Å². The normalized spacial score (nSPS) is 10.6. The maximum absolute atomic E-state index is 13.7. The number of benzene rings is 2. The third kappa shape index (κ3) is 3.32. The van der Waals surface area contributed by atoms with Crippen molar-refractivity contribution in [2.75, 3.05) is 0 Å². The Labute approximate surface area is 138 Å². The lowest BCUT2D eigenvalue weighted by Crippen LogP contribution is -2.23. The molecule has 0 radical (unpaired) electrons. The van der Waals surface area contributed by atoms with Crippen molar-refractivity contribution in [1.29, 1.82) is 0 Å². The van der Waals surface area contributed by atoms with Crippen LogP contribution in [0.1, 0.15) is 27.4 Å². The van der Waals surface area contributed by atoms with E-state index in [1.54, 1.807) is 24.3 Å². The summed E-state index contributed by atoms with van der Waals surface area (Å²) in [6.45, 7) is 4.01. The van der Waals surface area contributed by atoms with Crippen LogP contribution in [0.15, 0.2) is 46.9 Å². The fourth-order valence-corrected chi connectivity index (χ4v) is 2.21. The van der Waals surface area contributed by atoms with E-state index in [4.69, 9.17) is 4.42 Å². The Balaban J connectivity index is 1.68. The number of hydrogen-bond donors (Lipinski definition) is 1.